The second kappa shape index (κ2) is 8.59. The predicted octanol–water partition coefficient (Wildman–Crippen LogP) is 6.87. The highest BCUT2D eigenvalue weighted by Gasteiger charge is 2.42. The molecular weight excluding hydrogens is 458 g/mol. The number of anilines is 1. The molecule has 4 aromatic carbocycles. The summed E-state index contributed by atoms with van der Waals surface area (Å²) < 4.78 is 5.99. The van der Waals surface area contributed by atoms with Crippen LogP contribution in [0.1, 0.15) is 66.9 Å². The summed E-state index contributed by atoms with van der Waals surface area (Å²) in [6.45, 7) is 0.533. The number of nitrogens with one attached hydrogen (secondary N) is 1. The molecule has 0 unspecified atom stereocenters. The Hall–Kier alpha value is -4.44. The predicted molar refractivity (Wildman–Crippen MR) is 143 cm³/mol. The Bertz CT molecular complexity index is 1570. The summed E-state index contributed by atoms with van der Waals surface area (Å²) in [4.78, 5) is 26.9. The zero-order valence-electron chi connectivity index (χ0n) is 20.2. The van der Waals surface area contributed by atoms with Crippen molar-refractivity contribution < 1.29 is 14.3 Å². The van der Waals surface area contributed by atoms with E-state index in [0.29, 0.717) is 28.9 Å². The van der Waals surface area contributed by atoms with Gasteiger partial charge >= 0.3 is 0 Å². The molecule has 0 fully saturated rings. The number of ketones is 2. The Morgan fingerprint density at radius 3 is 2.27 bits per heavy atom. The Balaban J connectivity index is 1.21. The quantitative estimate of drug-likeness (QED) is 0.284. The van der Waals surface area contributed by atoms with Gasteiger partial charge in [-0.3, -0.25) is 9.59 Å². The van der Waals surface area contributed by atoms with E-state index in [0.717, 1.165) is 29.0 Å². The van der Waals surface area contributed by atoms with Crippen LogP contribution in [0.4, 0.5) is 5.69 Å². The highest BCUT2D eigenvalue weighted by Crippen LogP contribution is 2.52. The zero-order chi connectivity index (χ0) is 24.9. The maximum atomic E-state index is 13.6. The van der Waals surface area contributed by atoms with Crippen molar-refractivity contribution in [3.8, 4) is 5.75 Å². The summed E-state index contributed by atoms with van der Waals surface area (Å²) in [5.74, 6) is 1.05. The highest BCUT2D eigenvalue weighted by molar-refractivity contribution is 6.29. The molecule has 0 aromatic heterocycles. The van der Waals surface area contributed by atoms with Crippen molar-refractivity contribution in [2.75, 3.05) is 5.32 Å². The Morgan fingerprint density at radius 1 is 0.757 bits per heavy atom. The second-order valence-corrected chi connectivity index (χ2v) is 9.97. The zero-order valence-corrected chi connectivity index (χ0v) is 20.2. The summed E-state index contributed by atoms with van der Waals surface area (Å²) in [6, 6.07) is 29.5. The molecule has 0 bridgehead atoms. The maximum Gasteiger partial charge on any atom is 0.194 e. The lowest BCUT2D eigenvalue weighted by molar-refractivity contribution is 0.0978. The van der Waals surface area contributed by atoms with E-state index in [1.54, 1.807) is 12.1 Å². The standard InChI is InChI=1S/C33H25NO3/c35-32-25-9-4-5-10-26(25)33(36)30-27(32)17-18-28-29(30)23-11-6-12-24(23)31(34-28)21-13-15-22(16-14-21)37-19-20-7-2-1-3-8-20/h1-11,13-18,23-24,31,34H,12,19H2/t23-,24+,31+/m1/s1. The molecule has 37 heavy (non-hydrogen) atoms. The average Bonchev–Trinajstić information content (AvgIpc) is 3.45. The maximum absolute atomic E-state index is 13.6. The second-order valence-electron chi connectivity index (χ2n) is 9.97. The molecule has 7 rings (SSSR count). The lowest BCUT2D eigenvalue weighted by atomic mass is 9.71. The van der Waals surface area contributed by atoms with Crippen LogP contribution in [0.25, 0.3) is 0 Å². The summed E-state index contributed by atoms with van der Waals surface area (Å²) in [5, 5.41) is 3.73. The number of hydrogen-bond acceptors (Lipinski definition) is 4. The number of fused-ring (bicyclic) bond motifs is 6. The molecule has 1 N–H and O–H groups in total. The van der Waals surface area contributed by atoms with E-state index in [4.69, 9.17) is 4.74 Å². The molecule has 0 spiro atoms. The monoisotopic (exact) mass is 483 g/mol. The van der Waals surface area contributed by atoms with Crippen molar-refractivity contribution in [2.24, 2.45) is 5.92 Å². The van der Waals surface area contributed by atoms with E-state index in [1.165, 1.54) is 5.56 Å². The smallest absolute Gasteiger partial charge is 0.194 e. The molecule has 4 heteroatoms. The number of benzene rings is 4. The highest BCUT2D eigenvalue weighted by atomic mass is 16.5. The molecule has 0 saturated carbocycles. The molecule has 1 aliphatic heterocycles. The number of hydrogen-bond donors (Lipinski definition) is 1. The van der Waals surface area contributed by atoms with Gasteiger partial charge in [0.05, 0.1) is 6.04 Å². The normalized spacial score (nSPS) is 20.9. The van der Waals surface area contributed by atoms with Gasteiger partial charge < -0.3 is 10.1 Å². The van der Waals surface area contributed by atoms with Crippen LogP contribution in [0.2, 0.25) is 0 Å². The Labute approximate surface area is 215 Å². The number of ether oxygens (including phenoxy) is 1. The van der Waals surface area contributed by atoms with Crippen LogP contribution in [0.15, 0.2) is 103 Å². The molecule has 2 aliphatic carbocycles. The van der Waals surface area contributed by atoms with Gasteiger partial charge in [0, 0.05) is 33.9 Å². The Morgan fingerprint density at radius 2 is 1.49 bits per heavy atom. The van der Waals surface area contributed by atoms with Crippen LogP contribution in [0.3, 0.4) is 0 Å². The number of allylic oxidation sites excluding steroid dienone is 2. The van der Waals surface area contributed by atoms with Crippen molar-refractivity contribution in [2.45, 2.75) is 25.0 Å². The molecule has 180 valence electrons. The third-order valence-electron chi connectivity index (χ3n) is 7.91. The Kier molecular flexibility index (Phi) is 5.07. The first kappa shape index (κ1) is 21.8. The molecule has 3 atom stereocenters. The van der Waals surface area contributed by atoms with Gasteiger partial charge in [0.2, 0.25) is 0 Å². The molecule has 4 nitrogen and oxygen atoms in total. The van der Waals surface area contributed by atoms with Gasteiger partial charge in [0.15, 0.2) is 11.6 Å². The van der Waals surface area contributed by atoms with Crippen molar-refractivity contribution >= 4 is 17.3 Å². The van der Waals surface area contributed by atoms with E-state index in [1.807, 2.05) is 54.6 Å². The molecule has 0 radical (unpaired) electrons. The van der Waals surface area contributed by atoms with Gasteiger partial charge in [-0.05, 0) is 53.3 Å². The van der Waals surface area contributed by atoms with Crippen LogP contribution in [0.5, 0.6) is 5.75 Å². The van der Waals surface area contributed by atoms with Crippen LogP contribution >= 0.6 is 0 Å². The lowest BCUT2D eigenvalue weighted by Crippen LogP contribution is -2.32. The van der Waals surface area contributed by atoms with Crippen molar-refractivity contribution in [1.29, 1.82) is 0 Å². The lowest BCUT2D eigenvalue weighted by Gasteiger charge is -2.39. The van der Waals surface area contributed by atoms with E-state index >= 15 is 0 Å². The molecule has 1 heterocycles. The molecule has 0 saturated heterocycles. The van der Waals surface area contributed by atoms with E-state index < -0.39 is 0 Å². The topological polar surface area (TPSA) is 55.4 Å². The van der Waals surface area contributed by atoms with Gasteiger partial charge in [-0.1, -0.05) is 78.9 Å². The van der Waals surface area contributed by atoms with E-state index in [-0.39, 0.29) is 29.4 Å². The molecule has 3 aliphatic rings. The van der Waals surface area contributed by atoms with Crippen molar-refractivity contribution in [1.82, 2.24) is 0 Å². The van der Waals surface area contributed by atoms with Crippen LogP contribution in [-0.4, -0.2) is 11.6 Å². The molecular formula is C33H25NO3. The first-order chi connectivity index (χ1) is 18.2. The summed E-state index contributed by atoms with van der Waals surface area (Å²) >= 11 is 0. The fourth-order valence-electron chi connectivity index (χ4n) is 6.13. The molecule has 4 aromatic rings. The van der Waals surface area contributed by atoms with Crippen molar-refractivity contribution in [3.63, 3.8) is 0 Å². The minimum Gasteiger partial charge on any atom is -0.489 e. The first-order valence-corrected chi connectivity index (χ1v) is 12.7. The van der Waals surface area contributed by atoms with Crippen molar-refractivity contribution in [3.05, 3.63) is 142 Å². The van der Waals surface area contributed by atoms with E-state index in [2.05, 4.69) is 41.7 Å². The summed E-state index contributed by atoms with van der Waals surface area (Å²) in [5.41, 5.74) is 6.29. The van der Waals surface area contributed by atoms with Crippen LogP contribution in [0, 0.1) is 5.92 Å². The fourth-order valence-corrected chi connectivity index (χ4v) is 6.13. The third kappa shape index (κ3) is 3.52. The van der Waals surface area contributed by atoms with Gasteiger partial charge in [-0.15, -0.1) is 0 Å². The SMILES string of the molecule is O=C1c2ccccc2C(=O)c2c1ccc1c2[C@@H]2C=CC[C@@H]2[C@H](c2ccc(OCc3ccccc3)cc2)N1. The van der Waals surface area contributed by atoms with Gasteiger partial charge in [-0.25, -0.2) is 0 Å². The number of carbonyl (C=O) groups is 2. The first-order valence-electron chi connectivity index (χ1n) is 12.7. The minimum absolute atomic E-state index is 0.0544. The summed E-state index contributed by atoms with van der Waals surface area (Å²) in [6.07, 6.45) is 5.34. The average molecular weight is 484 g/mol. The van der Waals surface area contributed by atoms with Crippen LogP contribution in [-0.2, 0) is 6.61 Å². The largest absolute Gasteiger partial charge is 0.489 e. The van der Waals surface area contributed by atoms with E-state index in [9.17, 15) is 9.59 Å². The fraction of sp³-hybridized carbons (Fsp3) is 0.152. The summed E-state index contributed by atoms with van der Waals surface area (Å²) in [7, 11) is 0. The van der Waals surface area contributed by atoms with Crippen LogP contribution < -0.4 is 10.1 Å². The van der Waals surface area contributed by atoms with Gasteiger partial charge in [0.1, 0.15) is 12.4 Å². The number of rotatable bonds is 4. The number of carbonyl (C=O) groups excluding carboxylic acids is 2. The third-order valence-corrected chi connectivity index (χ3v) is 7.91. The minimum atomic E-state index is -0.0697. The van der Waals surface area contributed by atoms with Gasteiger partial charge in [-0.2, -0.15) is 0 Å². The molecule has 0 amide bonds. The van der Waals surface area contributed by atoms with Gasteiger partial charge in [0.25, 0.3) is 0 Å².